The Hall–Kier alpha value is -3.09. The van der Waals surface area contributed by atoms with Crippen molar-refractivity contribution >= 4 is 11.8 Å². The van der Waals surface area contributed by atoms with E-state index < -0.39 is 17.8 Å². The maximum Gasteiger partial charge on any atom is 0.261 e. The second kappa shape index (κ2) is 11.2. The van der Waals surface area contributed by atoms with Crippen LogP contribution in [0.2, 0.25) is 0 Å². The maximum absolute atomic E-state index is 13.8. The molecule has 6 nitrogen and oxygen atoms in total. The van der Waals surface area contributed by atoms with Crippen LogP contribution in [-0.2, 0) is 16.1 Å². The summed E-state index contributed by atoms with van der Waals surface area (Å²) in [4.78, 5) is 27.2. The number of para-hydroxylation sites is 1. The van der Waals surface area contributed by atoms with Crippen molar-refractivity contribution in [3.8, 4) is 11.5 Å². The van der Waals surface area contributed by atoms with E-state index in [1.54, 1.807) is 31.4 Å². The highest BCUT2D eigenvalue weighted by Gasteiger charge is 2.29. The van der Waals surface area contributed by atoms with Crippen molar-refractivity contribution in [1.29, 1.82) is 0 Å². The highest BCUT2D eigenvalue weighted by atomic mass is 19.1. The Morgan fingerprint density at radius 1 is 1.10 bits per heavy atom. The number of hydrogen-bond donors (Lipinski definition) is 1. The van der Waals surface area contributed by atoms with Crippen LogP contribution < -0.4 is 14.8 Å². The molecule has 1 atom stereocenters. The Morgan fingerprint density at radius 3 is 2.33 bits per heavy atom. The third-order valence-electron chi connectivity index (χ3n) is 4.52. The molecule has 0 bridgehead atoms. The zero-order chi connectivity index (χ0) is 22.1. The van der Waals surface area contributed by atoms with Crippen LogP contribution in [0.5, 0.6) is 11.5 Å². The molecule has 0 aromatic heterocycles. The van der Waals surface area contributed by atoms with Gasteiger partial charge in [-0.2, -0.15) is 0 Å². The Labute approximate surface area is 177 Å². The van der Waals surface area contributed by atoms with Crippen LogP contribution in [0, 0.1) is 5.82 Å². The van der Waals surface area contributed by atoms with Gasteiger partial charge in [-0.05, 0) is 50.1 Å². The lowest BCUT2D eigenvalue weighted by Gasteiger charge is -2.31. The topological polar surface area (TPSA) is 67.9 Å². The van der Waals surface area contributed by atoms with Crippen molar-refractivity contribution in [2.24, 2.45) is 0 Å². The highest BCUT2D eigenvalue weighted by molar-refractivity contribution is 5.88. The predicted molar refractivity (Wildman–Crippen MR) is 113 cm³/mol. The highest BCUT2D eigenvalue weighted by Crippen LogP contribution is 2.18. The molecule has 1 unspecified atom stereocenters. The molecule has 2 aromatic rings. The van der Waals surface area contributed by atoms with Crippen molar-refractivity contribution in [3.63, 3.8) is 0 Å². The molecule has 30 heavy (non-hydrogen) atoms. The van der Waals surface area contributed by atoms with E-state index >= 15 is 0 Å². The molecule has 0 saturated heterocycles. The van der Waals surface area contributed by atoms with Gasteiger partial charge in [0, 0.05) is 12.6 Å². The first kappa shape index (κ1) is 23.2. The molecule has 0 radical (unpaired) electrons. The summed E-state index contributed by atoms with van der Waals surface area (Å²) in [5, 5.41) is 2.86. The van der Waals surface area contributed by atoms with E-state index in [-0.39, 0.29) is 30.9 Å². The summed E-state index contributed by atoms with van der Waals surface area (Å²) in [6.07, 6.45) is 0.431. The van der Waals surface area contributed by atoms with Gasteiger partial charge in [0.05, 0.1) is 7.11 Å². The number of rotatable bonds is 10. The maximum atomic E-state index is 13.8. The van der Waals surface area contributed by atoms with Crippen LogP contribution in [0.25, 0.3) is 0 Å². The van der Waals surface area contributed by atoms with Crippen molar-refractivity contribution in [2.45, 2.75) is 45.8 Å². The van der Waals surface area contributed by atoms with Crippen molar-refractivity contribution in [2.75, 3.05) is 13.7 Å². The van der Waals surface area contributed by atoms with Gasteiger partial charge in [-0.15, -0.1) is 0 Å². The quantitative estimate of drug-likeness (QED) is 0.643. The lowest BCUT2D eigenvalue weighted by molar-refractivity contribution is -0.143. The molecule has 2 aromatic carbocycles. The molecular weight excluding hydrogens is 387 g/mol. The molecule has 0 heterocycles. The molecule has 0 fully saturated rings. The van der Waals surface area contributed by atoms with Gasteiger partial charge >= 0.3 is 0 Å². The minimum absolute atomic E-state index is 0.00470. The van der Waals surface area contributed by atoms with E-state index in [1.165, 1.54) is 17.0 Å². The number of nitrogens with zero attached hydrogens (tertiary/aromatic N) is 1. The van der Waals surface area contributed by atoms with E-state index in [0.717, 1.165) is 5.56 Å². The summed E-state index contributed by atoms with van der Waals surface area (Å²) in [6.45, 7) is 5.41. The van der Waals surface area contributed by atoms with Gasteiger partial charge in [-0.1, -0.05) is 31.2 Å². The van der Waals surface area contributed by atoms with Crippen LogP contribution in [0.1, 0.15) is 32.8 Å². The number of carbonyl (C=O) groups is 2. The zero-order valence-corrected chi connectivity index (χ0v) is 17.9. The van der Waals surface area contributed by atoms with Crippen LogP contribution in [0.4, 0.5) is 4.39 Å². The van der Waals surface area contributed by atoms with Gasteiger partial charge in [-0.25, -0.2) is 4.39 Å². The van der Waals surface area contributed by atoms with Gasteiger partial charge in [0.2, 0.25) is 5.91 Å². The third kappa shape index (κ3) is 6.47. The summed E-state index contributed by atoms with van der Waals surface area (Å²) in [7, 11) is 1.58. The number of ether oxygens (including phenoxy) is 2. The Balaban J connectivity index is 2.22. The van der Waals surface area contributed by atoms with Gasteiger partial charge in [0.1, 0.15) is 11.8 Å². The average molecular weight is 416 g/mol. The molecule has 7 heteroatoms. The fourth-order valence-corrected chi connectivity index (χ4v) is 3.01. The summed E-state index contributed by atoms with van der Waals surface area (Å²) in [5.74, 6) is -0.490. The molecular formula is C23H29FN2O4. The molecule has 0 aliphatic carbocycles. The number of benzene rings is 2. The molecule has 0 spiro atoms. The third-order valence-corrected chi connectivity index (χ3v) is 4.52. The number of methoxy groups -OCH3 is 1. The van der Waals surface area contributed by atoms with Crippen molar-refractivity contribution in [3.05, 3.63) is 59.9 Å². The summed E-state index contributed by atoms with van der Waals surface area (Å²) >= 11 is 0. The lowest BCUT2D eigenvalue weighted by atomic mass is 10.1. The minimum atomic E-state index is -0.675. The number of amides is 2. The smallest absolute Gasteiger partial charge is 0.261 e. The van der Waals surface area contributed by atoms with Crippen LogP contribution in [0.15, 0.2) is 48.5 Å². The van der Waals surface area contributed by atoms with Crippen molar-refractivity contribution < 1.29 is 23.5 Å². The molecule has 2 rings (SSSR count). The van der Waals surface area contributed by atoms with Crippen LogP contribution in [-0.4, -0.2) is 42.5 Å². The Morgan fingerprint density at radius 2 is 1.77 bits per heavy atom. The molecule has 162 valence electrons. The van der Waals surface area contributed by atoms with Gasteiger partial charge in [0.15, 0.2) is 18.2 Å². The number of hydrogen-bond acceptors (Lipinski definition) is 4. The van der Waals surface area contributed by atoms with Crippen molar-refractivity contribution in [1.82, 2.24) is 10.2 Å². The number of carbonyl (C=O) groups excluding carboxylic acids is 2. The second-order valence-electron chi connectivity index (χ2n) is 7.18. The largest absolute Gasteiger partial charge is 0.497 e. The van der Waals surface area contributed by atoms with E-state index in [4.69, 9.17) is 9.47 Å². The summed E-state index contributed by atoms with van der Waals surface area (Å²) < 4.78 is 24.4. The molecule has 0 aliphatic heterocycles. The first-order chi connectivity index (χ1) is 14.3. The second-order valence-corrected chi connectivity index (χ2v) is 7.18. The fraction of sp³-hybridized carbons (Fsp3) is 0.391. The van der Waals surface area contributed by atoms with E-state index in [9.17, 15) is 14.0 Å². The van der Waals surface area contributed by atoms with Gasteiger partial charge in [0.25, 0.3) is 5.91 Å². The zero-order valence-electron chi connectivity index (χ0n) is 17.9. The Kier molecular flexibility index (Phi) is 8.65. The fourth-order valence-electron chi connectivity index (χ4n) is 3.01. The van der Waals surface area contributed by atoms with E-state index in [2.05, 4.69) is 5.32 Å². The minimum Gasteiger partial charge on any atom is -0.497 e. The van der Waals surface area contributed by atoms with E-state index in [1.807, 2.05) is 32.9 Å². The summed E-state index contributed by atoms with van der Waals surface area (Å²) in [5.41, 5.74) is 0.839. The van der Waals surface area contributed by atoms with Gasteiger partial charge in [-0.3, -0.25) is 9.59 Å². The van der Waals surface area contributed by atoms with Crippen LogP contribution in [0.3, 0.4) is 0 Å². The number of halogens is 1. The molecule has 1 N–H and O–H groups in total. The normalized spacial score (nSPS) is 11.7. The molecule has 0 saturated carbocycles. The average Bonchev–Trinajstić information content (AvgIpc) is 2.72. The number of nitrogens with one attached hydrogen (secondary N) is 1. The SMILES string of the molecule is CCC(C(=O)NC(C)C)N(Cc1ccc(OC)cc1)C(=O)COc1ccccc1F. The first-order valence-electron chi connectivity index (χ1n) is 9.95. The van der Waals surface area contributed by atoms with Crippen LogP contribution >= 0.6 is 0 Å². The van der Waals surface area contributed by atoms with Gasteiger partial charge < -0.3 is 19.7 Å². The molecule has 0 aliphatic rings. The summed E-state index contributed by atoms with van der Waals surface area (Å²) in [6, 6.07) is 12.4. The predicted octanol–water partition coefficient (Wildman–Crippen LogP) is 3.55. The first-order valence-corrected chi connectivity index (χ1v) is 9.95. The lowest BCUT2D eigenvalue weighted by Crippen LogP contribution is -2.51. The Bertz CT molecular complexity index is 839. The van der Waals surface area contributed by atoms with E-state index in [0.29, 0.717) is 12.2 Å². The standard InChI is InChI=1S/C23H29FN2O4/c1-5-20(23(28)25-16(2)3)26(14-17-10-12-18(29-4)13-11-17)22(27)15-30-21-9-7-6-8-19(21)24/h6-13,16,20H,5,14-15H2,1-4H3,(H,25,28). The molecule has 2 amide bonds. The monoisotopic (exact) mass is 416 g/mol.